The molecule has 2 fully saturated rings. The van der Waals surface area contributed by atoms with Crippen LogP contribution in [0.4, 0.5) is 17.6 Å². The molecule has 2 N–H and O–H groups in total. The number of nitrogens with one attached hydrogen (secondary N) is 1. The molecule has 2 amide bonds. The Morgan fingerprint density at radius 1 is 1.26 bits per heavy atom. The summed E-state index contributed by atoms with van der Waals surface area (Å²) in [7, 11) is 0. The molecule has 0 bridgehead atoms. The number of halogens is 4. The van der Waals surface area contributed by atoms with Crippen molar-refractivity contribution in [3.63, 3.8) is 0 Å². The van der Waals surface area contributed by atoms with Gasteiger partial charge in [0.1, 0.15) is 0 Å². The molecule has 7 nitrogen and oxygen atoms in total. The molecule has 3 heterocycles. The van der Waals surface area contributed by atoms with Gasteiger partial charge in [-0.05, 0) is 24.3 Å². The van der Waals surface area contributed by atoms with Crippen molar-refractivity contribution >= 4 is 17.8 Å². The van der Waals surface area contributed by atoms with Crippen LogP contribution in [-0.2, 0) is 9.59 Å². The zero-order chi connectivity index (χ0) is 20.2. The second-order valence-electron chi connectivity index (χ2n) is 6.40. The van der Waals surface area contributed by atoms with Gasteiger partial charge in [0.05, 0.1) is 11.8 Å². The van der Waals surface area contributed by atoms with Crippen molar-refractivity contribution < 1.29 is 37.1 Å². The zero-order valence-corrected chi connectivity index (χ0v) is 14.1. The summed E-state index contributed by atoms with van der Waals surface area (Å²) in [4.78, 5) is 37.8. The minimum absolute atomic E-state index is 0.00927. The van der Waals surface area contributed by atoms with Gasteiger partial charge in [0.15, 0.2) is 5.82 Å². The zero-order valence-electron chi connectivity index (χ0n) is 14.1. The SMILES string of the molecule is O=C(O)C(F)(F)F.O=C1CC2(CCN(C(=O)c3ccncc3F)CC2)CN1. The Morgan fingerprint density at radius 2 is 1.85 bits per heavy atom. The first kappa shape index (κ1) is 20.6. The number of hydrogen-bond acceptors (Lipinski definition) is 4. The molecule has 0 aliphatic carbocycles. The van der Waals surface area contributed by atoms with Crippen LogP contribution < -0.4 is 5.32 Å². The van der Waals surface area contributed by atoms with Crippen molar-refractivity contribution in [1.29, 1.82) is 0 Å². The molecule has 11 heteroatoms. The van der Waals surface area contributed by atoms with Gasteiger partial charge in [-0.1, -0.05) is 0 Å². The number of likely N-dealkylation sites (tertiary alicyclic amines) is 1. The quantitative estimate of drug-likeness (QED) is 0.709. The van der Waals surface area contributed by atoms with Crippen LogP contribution in [0.15, 0.2) is 18.5 Å². The fourth-order valence-corrected chi connectivity index (χ4v) is 3.01. The Labute approximate surface area is 151 Å². The standard InChI is InChI=1S/C14H16FN3O2.C2HF3O2/c15-11-8-16-4-1-10(11)13(20)18-5-2-14(3-6-18)7-12(19)17-9-14;3-2(4,5)1(6)7/h1,4,8H,2-3,5-7,9H2,(H,17,19);(H,6,7). The van der Waals surface area contributed by atoms with Crippen molar-refractivity contribution in [3.8, 4) is 0 Å². The minimum Gasteiger partial charge on any atom is -0.475 e. The number of carbonyl (C=O) groups is 3. The number of piperidine rings is 1. The average Bonchev–Trinajstić information content (AvgIpc) is 2.95. The van der Waals surface area contributed by atoms with E-state index in [1.54, 1.807) is 4.90 Å². The van der Waals surface area contributed by atoms with Gasteiger partial charge in [0.2, 0.25) is 5.91 Å². The van der Waals surface area contributed by atoms with Crippen LogP contribution >= 0.6 is 0 Å². The summed E-state index contributed by atoms with van der Waals surface area (Å²) in [5.41, 5.74) is 0.0570. The van der Waals surface area contributed by atoms with E-state index >= 15 is 0 Å². The summed E-state index contributed by atoms with van der Waals surface area (Å²) >= 11 is 0. The second kappa shape index (κ2) is 7.89. The van der Waals surface area contributed by atoms with E-state index in [4.69, 9.17) is 9.90 Å². The summed E-state index contributed by atoms with van der Waals surface area (Å²) < 4.78 is 45.3. The highest BCUT2D eigenvalue weighted by Crippen LogP contribution is 2.37. The predicted molar refractivity (Wildman–Crippen MR) is 83.1 cm³/mol. The Morgan fingerprint density at radius 3 is 2.30 bits per heavy atom. The predicted octanol–water partition coefficient (Wildman–Crippen LogP) is 1.60. The van der Waals surface area contributed by atoms with Gasteiger partial charge < -0.3 is 15.3 Å². The molecule has 148 valence electrons. The largest absolute Gasteiger partial charge is 0.490 e. The lowest BCUT2D eigenvalue weighted by Crippen LogP contribution is -2.44. The third kappa shape index (κ3) is 5.14. The maximum atomic E-state index is 13.6. The number of carbonyl (C=O) groups excluding carboxylic acids is 2. The third-order valence-corrected chi connectivity index (χ3v) is 4.55. The maximum absolute atomic E-state index is 13.6. The van der Waals surface area contributed by atoms with Crippen molar-refractivity contribution in [2.75, 3.05) is 19.6 Å². The van der Waals surface area contributed by atoms with Crippen LogP contribution in [0.2, 0.25) is 0 Å². The molecule has 3 rings (SSSR count). The van der Waals surface area contributed by atoms with Gasteiger partial charge in [-0.25, -0.2) is 9.18 Å². The van der Waals surface area contributed by atoms with Crippen LogP contribution in [0.25, 0.3) is 0 Å². The van der Waals surface area contributed by atoms with Crippen molar-refractivity contribution in [2.24, 2.45) is 5.41 Å². The number of rotatable bonds is 1. The van der Waals surface area contributed by atoms with Gasteiger partial charge >= 0.3 is 12.1 Å². The normalized spacial score (nSPS) is 18.5. The van der Waals surface area contributed by atoms with Crippen LogP contribution in [0.1, 0.15) is 29.6 Å². The number of amides is 2. The highest BCUT2D eigenvalue weighted by Gasteiger charge is 2.42. The minimum atomic E-state index is -5.08. The number of aromatic nitrogens is 1. The van der Waals surface area contributed by atoms with Crippen molar-refractivity contribution in [2.45, 2.75) is 25.4 Å². The van der Waals surface area contributed by atoms with E-state index in [2.05, 4.69) is 10.3 Å². The van der Waals surface area contributed by atoms with Crippen LogP contribution in [0.5, 0.6) is 0 Å². The van der Waals surface area contributed by atoms with Crippen LogP contribution in [0, 0.1) is 11.2 Å². The van der Waals surface area contributed by atoms with Gasteiger partial charge in [-0.2, -0.15) is 13.2 Å². The topological polar surface area (TPSA) is 99.6 Å². The van der Waals surface area contributed by atoms with Crippen LogP contribution in [-0.4, -0.2) is 58.6 Å². The highest BCUT2D eigenvalue weighted by molar-refractivity contribution is 5.94. The van der Waals surface area contributed by atoms with Crippen LogP contribution in [0.3, 0.4) is 0 Å². The fraction of sp³-hybridized carbons (Fsp3) is 0.500. The lowest BCUT2D eigenvalue weighted by molar-refractivity contribution is -0.192. The smallest absolute Gasteiger partial charge is 0.475 e. The third-order valence-electron chi connectivity index (χ3n) is 4.55. The van der Waals surface area contributed by atoms with Crippen molar-refractivity contribution in [1.82, 2.24) is 15.2 Å². The van der Waals surface area contributed by atoms with E-state index in [1.807, 2.05) is 0 Å². The van der Waals surface area contributed by atoms with E-state index < -0.39 is 18.0 Å². The van der Waals surface area contributed by atoms with Gasteiger partial charge in [-0.15, -0.1) is 0 Å². The second-order valence-corrected chi connectivity index (χ2v) is 6.40. The van der Waals surface area contributed by atoms with Gasteiger partial charge in [0.25, 0.3) is 5.91 Å². The molecule has 0 radical (unpaired) electrons. The van der Waals surface area contributed by atoms with E-state index in [1.165, 1.54) is 12.3 Å². The number of carboxylic acids is 1. The molecular formula is C16H17F4N3O4. The molecule has 2 aliphatic heterocycles. The first-order chi connectivity index (χ1) is 12.5. The Balaban J connectivity index is 0.000000321. The summed E-state index contributed by atoms with van der Waals surface area (Å²) in [6, 6.07) is 1.41. The lowest BCUT2D eigenvalue weighted by atomic mass is 9.77. The van der Waals surface area contributed by atoms with Gasteiger partial charge in [-0.3, -0.25) is 14.6 Å². The molecule has 0 aromatic carbocycles. The summed E-state index contributed by atoms with van der Waals surface area (Å²) in [6.45, 7) is 1.82. The lowest BCUT2D eigenvalue weighted by Gasteiger charge is -2.38. The molecule has 0 unspecified atom stereocenters. The molecule has 27 heavy (non-hydrogen) atoms. The Kier molecular flexibility index (Phi) is 6.01. The molecule has 0 atom stereocenters. The number of carboxylic acid groups (broad SMARTS) is 1. The van der Waals surface area contributed by atoms with Crippen molar-refractivity contribution in [3.05, 3.63) is 29.8 Å². The van der Waals surface area contributed by atoms with E-state index in [0.717, 1.165) is 19.0 Å². The number of aliphatic carboxylic acids is 1. The number of pyridine rings is 1. The summed E-state index contributed by atoms with van der Waals surface area (Å²) in [6.07, 6.45) is -0.507. The molecule has 0 saturated carbocycles. The first-order valence-corrected chi connectivity index (χ1v) is 8.00. The molecule has 1 spiro atoms. The number of alkyl halides is 3. The molecule has 1 aromatic rings. The van der Waals surface area contributed by atoms with E-state index in [-0.39, 0.29) is 22.8 Å². The highest BCUT2D eigenvalue weighted by atomic mass is 19.4. The number of hydrogen-bond donors (Lipinski definition) is 2. The maximum Gasteiger partial charge on any atom is 0.490 e. The monoisotopic (exact) mass is 391 g/mol. The summed E-state index contributed by atoms with van der Waals surface area (Å²) in [5.74, 6) is -3.55. The van der Waals surface area contributed by atoms with Gasteiger partial charge in [0, 0.05) is 32.3 Å². The molecular weight excluding hydrogens is 374 g/mol. The van der Waals surface area contributed by atoms with E-state index in [9.17, 15) is 27.2 Å². The Hall–Kier alpha value is -2.72. The van der Waals surface area contributed by atoms with E-state index in [0.29, 0.717) is 26.1 Å². The molecule has 1 aromatic heterocycles. The first-order valence-electron chi connectivity index (χ1n) is 8.00. The molecule has 2 saturated heterocycles. The summed E-state index contributed by atoms with van der Waals surface area (Å²) in [5, 5.41) is 9.98. The Bertz CT molecular complexity index is 731. The fourth-order valence-electron chi connectivity index (χ4n) is 3.01. The number of nitrogens with zero attached hydrogens (tertiary/aromatic N) is 2. The molecule has 2 aliphatic rings. The average molecular weight is 391 g/mol.